The van der Waals surface area contributed by atoms with Crippen molar-refractivity contribution >= 4 is 35.2 Å². The number of nitrogens with two attached hydrogens (primary N) is 1. The van der Waals surface area contributed by atoms with Gasteiger partial charge >= 0.3 is 0 Å². The maximum Gasteiger partial charge on any atom is 0.271 e. The molecule has 9 nitrogen and oxygen atoms in total. The van der Waals surface area contributed by atoms with Gasteiger partial charge in [0.15, 0.2) is 0 Å². The van der Waals surface area contributed by atoms with E-state index < -0.39 is 29.7 Å². The highest BCUT2D eigenvalue weighted by Crippen LogP contribution is 2.20. The van der Waals surface area contributed by atoms with Crippen molar-refractivity contribution < 1.29 is 19.2 Å². The normalized spacial score (nSPS) is 11.4. The highest BCUT2D eigenvalue weighted by Gasteiger charge is 2.24. The summed E-state index contributed by atoms with van der Waals surface area (Å²) in [4.78, 5) is 49.4. The number of para-hydroxylation sites is 1. The molecule has 0 unspecified atom stereocenters. The molecule has 35 heavy (non-hydrogen) atoms. The van der Waals surface area contributed by atoms with Gasteiger partial charge in [0.1, 0.15) is 6.04 Å². The van der Waals surface area contributed by atoms with E-state index in [-0.39, 0.29) is 18.4 Å². The van der Waals surface area contributed by atoms with E-state index in [9.17, 15) is 19.2 Å². The monoisotopic (exact) mass is 495 g/mol. The van der Waals surface area contributed by atoms with E-state index in [1.54, 1.807) is 25.1 Å². The van der Waals surface area contributed by atoms with Crippen LogP contribution in [0.1, 0.15) is 44.9 Å². The number of carbonyl (C=O) groups excluding carboxylic acids is 4. The Kier molecular flexibility index (Phi) is 8.27. The summed E-state index contributed by atoms with van der Waals surface area (Å²) in [6.07, 6.45) is -0.177. The second kappa shape index (κ2) is 11.3. The molecule has 1 atom stereocenters. The van der Waals surface area contributed by atoms with Crippen molar-refractivity contribution in [3.63, 3.8) is 0 Å². The number of hydrogen-bond donors (Lipinski definition) is 4. The molecule has 0 aliphatic rings. The first-order valence-electron chi connectivity index (χ1n) is 10.9. The van der Waals surface area contributed by atoms with Crippen LogP contribution in [0.25, 0.3) is 5.69 Å². The fourth-order valence-corrected chi connectivity index (χ4v) is 3.76. The number of hydrogen-bond acceptors (Lipinski definition) is 4. The molecule has 2 aromatic carbocycles. The SMILES string of the molecule is Cc1cc(C(=O)NNC(=O)[C@H](CCC(N)=O)NC(=O)c2ccc(Cl)cc2)c(C)n1-c1ccccc1. The summed E-state index contributed by atoms with van der Waals surface area (Å²) in [6.45, 7) is 3.68. The van der Waals surface area contributed by atoms with E-state index in [0.29, 0.717) is 16.3 Å². The van der Waals surface area contributed by atoms with Gasteiger partial charge in [-0.25, -0.2) is 0 Å². The van der Waals surface area contributed by atoms with Crippen LogP contribution < -0.4 is 21.9 Å². The first-order chi connectivity index (χ1) is 16.7. The lowest BCUT2D eigenvalue weighted by Gasteiger charge is -2.18. The third-order valence-corrected chi connectivity index (χ3v) is 5.65. The smallest absolute Gasteiger partial charge is 0.271 e. The maximum atomic E-state index is 12.8. The van der Waals surface area contributed by atoms with Crippen LogP contribution in [0.5, 0.6) is 0 Å². The number of amides is 4. The lowest BCUT2D eigenvalue weighted by molar-refractivity contribution is -0.124. The minimum absolute atomic E-state index is 0.0428. The number of primary amides is 1. The number of benzene rings is 2. The van der Waals surface area contributed by atoms with Crippen molar-refractivity contribution in [2.75, 3.05) is 0 Å². The number of aryl methyl sites for hydroxylation is 1. The Hall–Kier alpha value is -4.11. The van der Waals surface area contributed by atoms with Gasteiger partial charge in [0.25, 0.3) is 17.7 Å². The maximum absolute atomic E-state index is 12.8. The van der Waals surface area contributed by atoms with Crippen LogP contribution in [0.4, 0.5) is 0 Å². The first-order valence-corrected chi connectivity index (χ1v) is 11.2. The van der Waals surface area contributed by atoms with E-state index in [0.717, 1.165) is 11.4 Å². The molecule has 0 fully saturated rings. The Morgan fingerprint density at radius 3 is 2.23 bits per heavy atom. The van der Waals surface area contributed by atoms with Gasteiger partial charge in [-0.05, 0) is 62.7 Å². The van der Waals surface area contributed by atoms with Crippen LogP contribution in [-0.2, 0) is 9.59 Å². The topological polar surface area (TPSA) is 135 Å². The summed E-state index contributed by atoms with van der Waals surface area (Å²) in [6, 6.07) is 16.3. The highest BCUT2D eigenvalue weighted by atomic mass is 35.5. The predicted octanol–water partition coefficient (Wildman–Crippen LogP) is 2.57. The van der Waals surface area contributed by atoms with Gasteiger partial charge in [-0.15, -0.1) is 0 Å². The number of nitrogens with one attached hydrogen (secondary N) is 3. The zero-order valence-electron chi connectivity index (χ0n) is 19.3. The molecular formula is C25H26ClN5O4. The fourth-order valence-electron chi connectivity index (χ4n) is 3.64. The number of halogens is 1. The number of hydrazine groups is 1. The summed E-state index contributed by atoms with van der Waals surface area (Å²) in [5.74, 6) is -2.38. The van der Waals surface area contributed by atoms with Crippen molar-refractivity contribution in [3.8, 4) is 5.69 Å². The number of rotatable bonds is 8. The molecule has 10 heteroatoms. The molecule has 3 aromatic rings. The van der Waals surface area contributed by atoms with Crippen molar-refractivity contribution in [1.29, 1.82) is 0 Å². The molecule has 0 saturated heterocycles. The van der Waals surface area contributed by atoms with E-state index in [1.807, 2.05) is 41.8 Å². The summed E-state index contributed by atoms with van der Waals surface area (Å²) in [7, 11) is 0. The minimum atomic E-state index is -1.11. The molecule has 0 radical (unpaired) electrons. The van der Waals surface area contributed by atoms with Gasteiger partial charge in [0, 0.05) is 34.1 Å². The number of carbonyl (C=O) groups is 4. The lowest BCUT2D eigenvalue weighted by atomic mass is 10.1. The van der Waals surface area contributed by atoms with Gasteiger partial charge < -0.3 is 15.6 Å². The van der Waals surface area contributed by atoms with Gasteiger partial charge in [-0.3, -0.25) is 30.0 Å². The second-order valence-electron chi connectivity index (χ2n) is 7.94. The molecule has 0 spiro atoms. The largest absolute Gasteiger partial charge is 0.370 e. The fraction of sp³-hybridized carbons (Fsp3) is 0.200. The van der Waals surface area contributed by atoms with E-state index in [2.05, 4.69) is 16.2 Å². The van der Waals surface area contributed by atoms with Crippen molar-refractivity contribution in [2.45, 2.75) is 32.7 Å². The van der Waals surface area contributed by atoms with Crippen LogP contribution in [0.2, 0.25) is 5.02 Å². The van der Waals surface area contributed by atoms with Crippen LogP contribution >= 0.6 is 11.6 Å². The van der Waals surface area contributed by atoms with Gasteiger partial charge in [-0.2, -0.15) is 0 Å². The van der Waals surface area contributed by atoms with Gasteiger partial charge in [0.2, 0.25) is 5.91 Å². The number of nitrogens with zero attached hydrogens (tertiary/aromatic N) is 1. The third kappa shape index (κ3) is 6.48. The van der Waals surface area contributed by atoms with Crippen LogP contribution in [0, 0.1) is 13.8 Å². The molecule has 0 aliphatic carbocycles. The van der Waals surface area contributed by atoms with E-state index >= 15 is 0 Å². The van der Waals surface area contributed by atoms with Crippen molar-refractivity contribution in [3.05, 3.63) is 88.2 Å². The van der Waals surface area contributed by atoms with Crippen LogP contribution in [0.3, 0.4) is 0 Å². The van der Waals surface area contributed by atoms with Gasteiger partial charge in [-0.1, -0.05) is 29.8 Å². The molecule has 1 heterocycles. The molecule has 5 N–H and O–H groups in total. The first kappa shape index (κ1) is 25.5. The summed E-state index contributed by atoms with van der Waals surface area (Å²) in [5, 5.41) is 3.02. The average molecular weight is 496 g/mol. The van der Waals surface area contributed by atoms with Crippen LogP contribution in [-0.4, -0.2) is 34.2 Å². The zero-order valence-corrected chi connectivity index (χ0v) is 20.1. The van der Waals surface area contributed by atoms with E-state index in [1.165, 1.54) is 12.1 Å². The third-order valence-electron chi connectivity index (χ3n) is 5.40. The molecule has 4 amide bonds. The molecule has 0 saturated carbocycles. The zero-order chi connectivity index (χ0) is 25.5. The minimum Gasteiger partial charge on any atom is -0.370 e. The predicted molar refractivity (Wildman–Crippen MR) is 132 cm³/mol. The average Bonchev–Trinajstić information content (AvgIpc) is 3.14. The molecule has 0 aliphatic heterocycles. The Morgan fingerprint density at radius 1 is 0.943 bits per heavy atom. The Labute approximate surface area is 207 Å². The molecule has 182 valence electrons. The number of aromatic nitrogens is 1. The summed E-state index contributed by atoms with van der Waals surface area (Å²) < 4.78 is 1.93. The highest BCUT2D eigenvalue weighted by molar-refractivity contribution is 6.30. The molecule has 0 bridgehead atoms. The quantitative estimate of drug-likeness (QED) is 0.357. The Morgan fingerprint density at radius 2 is 1.60 bits per heavy atom. The lowest BCUT2D eigenvalue weighted by Crippen LogP contribution is -2.52. The Balaban J connectivity index is 1.69. The molecule has 1 aromatic heterocycles. The van der Waals surface area contributed by atoms with Gasteiger partial charge in [0.05, 0.1) is 5.56 Å². The molecule has 3 rings (SSSR count). The van der Waals surface area contributed by atoms with Crippen molar-refractivity contribution in [1.82, 2.24) is 20.7 Å². The second-order valence-corrected chi connectivity index (χ2v) is 8.37. The van der Waals surface area contributed by atoms with Crippen LogP contribution in [0.15, 0.2) is 60.7 Å². The Bertz CT molecular complexity index is 1240. The summed E-state index contributed by atoms with van der Waals surface area (Å²) in [5.41, 5.74) is 13.0. The van der Waals surface area contributed by atoms with E-state index in [4.69, 9.17) is 17.3 Å². The summed E-state index contributed by atoms with van der Waals surface area (Å²) >= 11 is 5.85. The van der Waals surface area contributed by atoms with Crippen molar-refractivity contribution in [2.24, 2.45) is 5.73 Å². The molecular weight excluding hydrogens is 470 g/mol. The standard InChI is InChI=1S/C25H26ClN5O4/c1-15-14-20(16(2)31(15)19-6-4-3-5-7-19)24(34)29-30-25(35)21(12-13-22(27)32)28-23(33)17-8-10-18(26)11-9-17/h3-11,14,21H,12-13H2,1-2H3,(H2,27,32)(H,28,33)(H,29,34)(H,30,35)/t21-/m0/s1.